The molecule has 4 aliphatic rings. The van der Waals surface area contributed by atoms with Crippen LogP contribution in [0.3, 0.4) is 0 Å². The lowest BCUT2D eigenvalue weighted by atomic mass is 9.68. The van der Waals surface area contributed by atoms with Crippen molar-refractivity contribution in [2.24, 2.45) is 22.1 Å². The van der Waals surface area contributed by atoms with E-state index in [4.69, 9.17) is 31.1 Å². The summed E-state index contributed by atoms with van der Waals surface area (Å²) in [5.74, 6) is 1.11. The van der Waals surface area contributed by atoms with Gasteiger partial charge < -0.3 is 19.2 Å². The van der Waals surface area contributed by atoms with Gasteiger partial charge in [-0.3, -0.25) is 0 Å². The molecule has 0 amide bonds. The number of fused-ring (bicyclic) bond motifs is 3. The van der Waals surface area contributed by atoms with Gasteiger partial charge in [-0.2, -0.15) is 0 Å². The van der Waals surface area contributed by atoms with Crippen LogP contribution in [0.5, 0.6) is 5.75 Å². The van der Waals surface area contributed by atoms with E-state index in [0.717, 1.165) is 67.4 Å². The molecule has 0 unspecified atom stereocenters. The molecule has 232 valence electrons. The lowest BCUT2D eigenvalue weighted by molar-refractivity contribution is -0.0213. The maximum absolute atomic E-state index is 12.5. The van der Waals surface area contributed by atoms with Crippen molar-refractivity contribution in [3.05, 3.63) is 58.1 Å². The lowest BCUT2D eigenvalue weighted by Gasteiger charge is -2.45. The first kappa shape index (κ1) is 30.2. The monoisotopic (exact) mass is 629 g/mol. The van der Waals surface area contributed by atoms with Crippen LogP contribution >= 0.6 is 11.6 Å². The summed E-state index contributed by atoms with van der Waals surface area (Å²) in [6, 6.07) is 11.8. The van der Waals surface area contributed by atoms with Crippen molar-refractivity contribution >= 4 is 39.0 Å². The number of benzene rings is 2. The highest BCUT2D eigenvalue weighted by atomic mass is 35.5. The number of aryl methyl sites for hydroxylation is 1. The predicted molar refractivity (Wildman–Crippen MR) is 166 cm³/mol. The maximum atomic E-state index is 12.5. The first-order valence-corrected chi connectivity index (χ1v) is 17.2. The Morgan fingerprint density at radius 3 is 2.84 bits per heavy atom. The van der Waals surface area contributed by atoms with Crippen LogP contribution in [0.2, 0.25) is 5.02 Å². The fraction of sp³-hybridized carbons (Fsp3) is 0.562. The third-order valence-electron chi connectivity index (χ3n) is 10.0. The van der Waals surface area contributed by atoms with E-state index in [1.807, 2.05) is 18.2 Å². The number of methoxy groups -OCH3 is 1. The molecule has 2 aliphatic carbocycles. The standard InChI is InChI=1S/C32H40ClN3O6S/c1-20(43(34,38)39)5-9-25-16-30(42-35-25)26-10-6-23(26)17-36-18-32(13-3-4-21-14-24(33)8-11-27(21)32)19-41-29-12-7-22(15-28(29)36)31(37)40-2/h7-8,11-12,14-15,20,23,26,30H,3-6,9-10,13,16-19H2,1-2H3,(H2,34,38,39)/t20-,23+,26-,30+,32+/m1/s1. The Bertz CT molecular complexity index is 1530. The molecule has 0 saturated heterocycles. The number of rotatable bonds is 8. The molecule has 5 atom stereocenters. The molecule has 6 rings (SSSR count). The normalized spacial score (nSPS) is 27.1. The van der Waals surface area contributed by atoms with Crippen LogP contribution in [0.15, 0.2) is 41.6 Å². The highest BCUT2D eigenvalue weighted by molar-refractivity contribution is 7.89. The second kappa shape index (κ2) is 11.9. The zero-order chi connectivity index (χ0) is 30.4. The number of hydrogen-bond donors (Lipinski definition) is 1. The summed E-state index contributed by atoms with van der Waals surface area (Å²) in [4.78, 5) is 20.9. The summed E-state index contributed by atoms with van der Waals surface area (Å²) in [6.07, 6.45) is 6.87. The average molecular weight is 630 g/mol. The fourth-order valence-corrected chi connectivity index (χ4v) is 7.95. The number of nitrogens with two attached hydrogens (primary N) is 1. The number of hydrogen-bond acceptors (Lipinski definition) is 8. The van der Waals surface area contributed by atoms with E-state index in [1.165, 1.54) is 18.2 Å². The van der Waals surface area contributed by atoms with Gasteiger partial charge in [0.05, 0.1) is 35.9 Å². The van der Waals surface area contributed by atoms with E-state index in [-0.39, 0.29) is 17.5 Å². The highest BCUT2D eigenvalue weighted by Gasteiger charge is 2.46. The Morgan fingerprint density at radius 1 is 1.26 bits per heavy atom. The number of ether oxygens (including phenoxy) is 2. The van der Waals surface area contributed by atoms with Gasteiger partial charge in [-0.05, 0) is 99.2 Å². The Morgan fingerprint density at radius 2 is 2.09 bits per heavy atom. The van der Waals surface area contributed by atoms with Gasteiger partial charge >= 0.3 is 5.97 Å². The first-order chi connectivity index (χ1) is 20.6. The number of anilines is 1. The molecule has 2 aromatic rings. The van der Waals surface area contributed by atoms with Gasteiger partial charge in [0.25, 0.3) is 0 Å². The summed E-state index contributed by atoms with van der Waals surface area (Å²) < 4.78 is 34.9. The highest BCUT2D eigenvalue weighted by Crippen LogP contribution is 2.47. The second-order valence-corrected chi connectivity index (χ2v) is 15.1. The van der Waals surface area contributed by atoms with E-state index >= 15 is 0 Å². The zero-order valence-corrected chi connectivity index (χ0v) is 26.3. The van der Waals surface area contributed by atoms with Crippen LogP contribution in [0.25, 0.3) is 0 Å². The van der Waals surface area contributed by atoms with Gasteiger partial charge in [-0.1, -0.05) is 22.8 Å². The average Bonchev–Trinajstić information content (AvgIpc) is 3.36. The fourth-order valence-electron chi connectivity index (χ4n) is 7.31. The number of esters is 1. The lowest BCUT2D eigenvalue weighted by Crippen LogP contribution is -2.49. The van der Waals surface area contributed by atoms with Crippen LogP contribution in [0.1, 0.15) is 73.4 Å². The molecule has 9 nitrogen and oxygen atoms in total. The van der Waals surface area contributed by atoms with Crippen molar-refractivity contribution < 1.29 is 27.5 Å². The predicted octanol–water partition coefficient (Wildman–Crippen LogP) is 5.23. The molecule has 0 radical (unpaired) electrons. The number of carbonyl (C=O) groups excluding carboxylic acids is 1. The smallest absolute Gasteiger partial charge is 0.337 e. The quantitative estimate of drug-likeness (QED) is 0.397. The number of carbonyl (C=O) groups is 1. The van der Waals surface area contributed by atoms with Gasteiger partial charge in [0.2, 0.25) is 10.0 Å². The number of oxime groups is 1. The van der Waals surface area contributed by atoms with E-state index in [0.29, 0.717) is 43.3 Å². The minimum atomic E-state index is -3.56. The zero-order valence-electron chi connectivity index (χ0n) is 24.8. The van der Waals surface area contributed by atoms with Crippen molar-refractivity contribution in [2.75, 3.05) is 31.7 Å². The summed E-state index contributed by atoms with van der Waals surface area (Å²) >= 11 is 6.40. The van der Waals surface area contributed by atoms with Crippen molar-refractivity contribution in [2.45, 2.75) is 75.1 Å². The summed E-state index contributed by atoms with van der Waals surface area (Å²) in [7, 11) is -2.16. The van der Waals surface area contributed by atoms with Gasteiger partial charge in [0, 0.05) is 35.9 Å². The molecule has 0 aromatic heterocycles. The van der Waals surface area contributed by atoms with Crippen molar-refractivity contribution in [1.82, 2.24) is 0 Å². The molecule has 11 heteroatoms. The SMILES string of the molecule is COC(=O)c1ccc2c(c1)N(C[C@@H]1CC[C@H]1[C@@H]1CC(CC[C@@H](C)S(N)(=O)=O)=NO1)C[C@@]1(CCCc3cc(Cl)ccc31)CO2. The number of primary sulfonamides is 1. The number of sulfonamides is 1. The van der Waals surface area contributed by atoms with Gasteiger partial charge in [-0.25, -0.2) is 18.4 Å². The van der Waals surface area contributed by atoms with Crippen molar-refractivity contribution in [3.63, 3.8) is 0 Å². The molecular weight excluding hydrogens is 590 g/mol. The number of halogens is 1. The second-order valence-electron chi connectivity index (χ2n) is 12.7. The first-order valence-electron chi connectivity index (χ1n) is 15.2. The molecule has 2 aliphatic heterocycles. The van der Waals surface area contributed by atoms with Crippen LogP contribution < -0.4 is 14.8 Å². The summed E-state index contributed by atoms with van der Waals surface area (Å²) in [6.45, 7) is 3.75. The molecule has 0 bridgehead atoms. The van der Waals surface area contributed by atoms with Crippen LogP contribution in [0.4, 0.5) is 5.69 Å². The third kappa shape index (κ3) is 6.11. The van der Waals surface area contributed by atoms with Crippen LogP contribution in [-0.2, 0) is 31.4 Å². The Hall–Kier alpha value is -2.82. The third-order valence-corrected chi connectivity index (χ3v) is 11.6. The van der Waals surface area contributed by atoms with Crippen LogP contribution in [0, 0.1) is 11.8 Å². The topological polar surface area (TPSA) is 121 Å². The van der Waals surface area contributed by atoms with E-state index in [9.17, 15) is 13.2 Å². The Labute approximate surface area is 258 Å². The van der Waals surface area contributed by atoms with E-state index in [2.05, 4.69) is 22.2 Å². The van der Waals surface area contributed by atoms with Crippen LogP contribution in [-0.4, -0.2) is 58.3 Å². The van der Waals surface area contributed by atoms with Crippen molar-refractivity contribution in [3.8, 4) is 5.75 Å². The number of nitrogens with zero attached hydrogens (tertiary/aromatic N) is 2. The minimum absolute atomic E-state index is 0.0193. The van der Waals surface area contributed by atoms with Gasteiger partial charge in [-0.15, -0.1) is 0 Å². The molecular formula is C32H40ClN3O6S. The van der Waals surface area contributed by atoms with E-state index < -0.39 is 15.3 Å². The van der Waals surface area contributed by atoms with Gasteiger partial charge in [0.1, 0.15) is 11.9 Å². The molecule has 1 saturated carbocycles. The molecule has 1 fully saturated rings. The molecule has 43 heavy (non-hydrogen) atoms. The maximum Gasteiger partial charge on any atom is 0.337 e. The Balaban J connectivity index is 1.23. The summed E-state index contributed by atoms with van der Waals surface area (Å²) in [5, 5.41) is 9.77. The summed E-state index contributed by atoms with van der Waals surface area (Å²) in [5.41, 5.74) is 4.68. The molecule has 2 N–H and O–H groups in total. The van der Waals surface area contributed by atoms with E-state index in [1.54, 1.807) is 13.0 Å². The molecule has 2 heterocycles. The molecule has 1 spiro atoms. The van der Waals surface area contributed by atoms with Gasteiger partial charge in [0.15, 0.2) is 0 Å². The Kier molecular flexibility index (Phi) is 8.39. The minimum Gasteiger partial charge on any atom is -0.490 e. The molecule has 2 aromatic carbocycles. The van der Waals surface area contributed by atoms with Crippen molar-refractivity contribution in [1.29, 1.82) is 0 Å². The largest absolute Gasteiger partial charge is 0.490 e.